The molecule has 5 atom stereocenters. The van der Waals surface area contributed by atoms with Crippen LogP contribution in [0.2, 0.25) is 0 Å². The Kier molecular flexibility index (Phi) is 13.6. The van der Waals surface area contributed by atoms with Crippen LogP contribution >= 0.6 is 0 Å². The monoisotopic (exact) mass is 616 g/mol. The summed E-state index contributed by atoms with van der Waals surface area (Å²) < 4.78 is 5.68. The lowest BCUT2D eigenvalue weighted by atomic mass is 9.75. The molecule has 5 unspecified atom stereocenters. The largest absolute Gasteiger partial charge is 0.379 e. The van der Waals surface area contributed by atoms with E-state index in [1.807, 2.05) is 0 Å². The maximum absolute atomic E-state index is 12.9. The van der Waals surface area contributed by atoms with Crippen molar-refractivity contribution in [2.75, 3.05) is 32.8 Å². The lowest BCUT2D eigenvalue weighted by Crippen LogP contribution is -2.37. The van der Waals surface area contributed by atoms with Crippen LogP contribution < -0.4 is 0 Å². The average Bonchev–Trinajstić information content (AvgIpc) is 3.47. The molecule has 4 heteroatoms. The topological polar surface area (TPSA) is 32.8 Å². The van der Waals surface area contributed by atoms with Crippen LogP contribution in [-0.4, -0.2) is 54.6 Å². The molecule has 1 amide bonds. The summed E-state index contributed by atoms with van der Waals surface area (Å²) in [6, 6.07) is 17.4. The molecule has 4 rings (SSSR count). The Morgan fingerprint density at radius 2 is 1.36 bits per heavy atom. The van der Waals surface area contributed by atoms with Crippen LogP contribution in [0.1, 0.15) is 152 Å². The minimum Gasteiger partial charge on any atom is -0.379 e. The molecule has 0 aliphatic carbocycles. The van der Waals surface area contributed by atoms with Crippen LogP contribution in [0.5, 0.6) is 0 Å². The maximum Gasteiger partial charge on any atom is 0.222 e. The summed E-state index contributed by atoms with van der Waals surface area (Å²) in [5.74, 6) is 3.55. The van der Waals surface area contributed by atoms with Gasteiger partial charge >= 0.3 is 0 Å². The van der Waals surface area contributed by atoms with Crippen molar-refractivity contribution in [2.24, 2.45) is 11.8 Å². The van der Waals surface area contributed by atoms with E-state index in [0.29, 0.717) is 53.9 Å². The molecule has 0 radical (unpaired) electrons. The van der Waals surface area contributed by atoms with Gasteiger partial charge in [-0.3, -0.25) is 9.69 Å². The van der Waals surface area contributed by atoms with E-state index in [2.05, 4.69) is 108 Å². The predicted octanol–water partition coefficient (Wildman–Crippen LogP) is 9.89. The first-order chi connectivity index (χ1) is 21.7. The molecule has 2 fully saturated rings. The summed E-state index contributed by atoms with van der Waals surface area (Å²) in [5.41, 5.74) is 7.39. The lowest BCUT2D eigenvalue weighted by molar-refractivity contribution is -0.129. The molecule has 0 N–H and O–H groups in total. The van der Waals surface area contributed by atoms with Crippen LogP contribution in [0.15, 0.2) is 42.5 Å². The van der Waals surface area contributed by atoms with Crippen molar-refractivity contribution in [3.63, 3.8) is 0 Å². The van der Waals surface area contributed by atoms with Gasteiger partial charge in [-0.05, 0) is 102 Å². The number of rotatable bonds is 16. The first-order valence-corrected chi connectivity index (χ1v) is 18.5. The van der Waals surface area contributed by atoms with E-state index in [9.17, 15) is 4.79 Å². The Morgan fingerprint density at radius 3 is 1.89 bits per heavy atom. The summed E-state index contributed by atoms with van der Waals surface area (Å²) in [6.45, 7) is 24.3. The van der Waals surface area contributed by atoms with E-state index in [0.717, 1.165) is 71.5 Å². The van der Waals surface area contributed by atoms with Crippen LogP contribution in [-0.2, 0) is 16.1 Å². The zero-order chi connectivity index (χ0) is 32.5. The minimum absolute atomic E-state index is 0.300. The van der Waals surface area contributed by atoms with Crippen LogP contribution in [0, 0.1) is 11.8 Å². The molecule has 4 nitrogen and oxygen atoms in total. The summed E-state index contributed by atoms with van der Waals surface area (Å²) >= 11 is 0. The van der Waals surface area contributed by atoms with E-state index in [-0.39, 0.29) is 0 Å². The summed E-state index contributed by atoms with van der Waals surface area (Å²) in [7, 11) is 0. The van der Waals surface area contributed by atoms with Crippen molar-refractivity contribution in [1.82, 2.24) is 9.80 Å². The number of carbonyl (C=O) groups is 1. The van der Waals surface area contributed by atoms with Crippen LogP contribution in [0.4, 0.5) is 0 Å². The van der Waals surface area contributed by atoms with Gasteiger partial charge in [0.05, 0.1) is 13.2 Å². The van der Waals surface area contributed by atoms with Crippen LogP contribution in [0.3, 0.4) is 0 Å². The fourth-order valence-electron chi connectivity index (χ4n) is 8.17. The Morgan fingerprint density at radius 1 is 0.733 bits per heavy atom. The van der Waals surface area contributed by atoms with Crippen LogP contribution in [0.25, 0.3) is 0 Å². The summed E-state index contributed by atoms with van der Waals surface area (Å²) in [6.07, 6.45) is 7.20. The summed E-state index contributed by atoms with van der Waals surface area (Å²) in [4.78, 5) is 17.7. The normalized spacial score (nSPS) is 19.7. The van der Waals surface area contributed by atoms with Gasteiger partial charge in [-0.2, -0.15) is 0 Å². The molecule has 2 heterocycles. The van der Waals surface area contributed by atoms with Gasteiger partial charge in [-0.25, -0.2) is 0 Å². The molecule has 2 aromatic rings. The SMILES string of the molecule is CCC(C)c1ccc(C(CC(c2ccc(C(CC)C(C)C)cc2)C(C)C)CC(CC)N2CCCC2=O)cc1CN1CCOCC1. The zero-order valence-electron chi connectivity index (χ0n) is 30.0. The van der Waals surface area contributed by atoms with Crippen molar-refractivity contribution >= 4 is 5.91 Å². The standard InChI is InChI=1S/C41H64N2O2/c1-9-31(8)39-19-18-34(25-36(39)28-42-21-23-45-24-22-42)35(26-37(10-2)43-20-12-13-41(43)44)27-40(30(6)7)33-16-14-32(15-17-33)38(11-3)29(4)5/h14-19,25,29-31,35,37-38,40H,9-13,20-24,26-28H2,1-8H3. The third-order valence-corrected chi connectivity index (χ3v) is 11.2. The van der Waals surface area contributed by atoms with Crippen molar-refractivity contribution < 1.29 is 9.53 Å². The third kappa shape index (κ3) is 9.22. The highest BCUT2D eigenvalue weighted by atomic mass is 16.5. The molecular weight excluding hydrogens is 552 g/mol. The average molecular weight is 617 g/mol. The highest BCUT2D eigenvalue weighted by Crippen LogP contribution is 2.41. The van der Waals surface area contributed by atoms with E-state index < -0.39 is 0 Å². The molecule has 2 aliphatic rings. The Labute approximate surface area is 276 Å². The maximum atomic E-state index is 12.9. The first-order valence-electron chi connectivity index (χ1n) is 18.5. The summed E-state index contributed by atoms with van der Waals surface area (Å²) in [5, 5.41) is 0. The number of hydrogen-bond acceptors (Lipinski definition) is 3. The molecule has 0 spiro atoms. The lowest BCUT2D eigenvalue weighted by Gasteiger charge is -2.34. The Bertz CT molecular complexity index is 1180. The van der Waals surface area contributed by atoms with Gasteiger partial charge in [0.15, 0.2) is 0 Å². The fourth-order valence-corrected chi connectivity index (χ4v) is 8.17. The number of benzene rings is 2. The van der Waals surface area contributed by atoms with E-state index >= 15 is 0 Å². The number of nitrogens with zero attached hydrogens (tertiary/aromatic N) is 2. The van der Waals surface area contributed by atoms with Crippen molar-refractivity contribution in [3.05, 3.63) is 70.3 Å². The second-order valence-electron chi connectivity index (χ2n) is 14.9. The highest BCUT2D eigenvalue weighted by Gasteiger charge is 2.32. The van der Waals surface area contributed by atoms with Gasteiger partial charge < -0.3 is 9.64 Å². The van der Waals surface area contributed by atoms with Gasteiger partial charge in [0.25, 0.3) is 0 Å². The van der Waals surface area contributed by atoms with Gasteiger partial charge in [0, 0.05) is 38.6 Å². The molecule has 0 aromatic heterocycles. The van der Waals surface area contributed by atoms with Gasteiger partial charge in [0.2, 0.25) is 5.91 Å². The number of ether oxygens (including phenoxy) is 1. The zero-order valence-corrected chi connectivity index (χ0v) is 30.0. The van der Waals surface area contributed by atoms with Crippen molar-refractivity contribution in [2.45, 2.75) is 137 Å². The predicted molar refractivity (Wildman–Crippen MR) is 190 cm³/mol. The fraction of sp³-hybridized carbons (Fsp3) is 0.683. The first kappa shape index (κ1) is 35.7. The molecule has 2 saturated heterocycles. The quantitative estimate of drug-likeness (QED) is 0.188. The number of hydrogen-bond donors (Lipinski definition) is 0. The van der Waals surface area contributed by atoms with Crippen molar-refractivity contribution in [1.29, 1.82) is 0 Å². The smallest absolute Gasteiger partial charge is 0.222 e. The number of morpholine rings is 1. The number of likely N-dealkylation sites (tertiary alicyclic amines) is 1. The second kappa shape index (κ2) is 17.1. The van der Waals surface area contributed by atoms with E-state index in [1.54, 1.807) is 0 Å². The van der Waals surface area contributed by atoms with Gasteiger partial charge in [-0.15, -0.1) is 0 Å². The highest BCUT2D eigenvalue weighted by molar-refractivity contribution is 5.78. The van der Waals surface area contributed by atoms with Gasteiger partial charge in [0.1, 0.15) is 0 Å². The molecule has 45 heavy (non-hydrogen) atoms. The number of amides is 1. The molecular formula is C41H64N2O2. The Balaban J connectivity index is 1.70. The molecule has 250 valence electrons. The molecule has 2 aromatic carbocycles. The van der Waals surface area contributed by atoms with E-state index in [4.69, 9.17) is 4.74 Å². The Hall–Kier alpha value is -2.17. The van der Waals surface area contributed by atoms with Crippen molar-refractivity contribution in [3.8, 4) is 0 Å². The minimum atomic E-state index is 0.300. The molecule has 0 saturated carbocycles. The van der Waals surface area contributed by atoms with Gasteiger partial charge in [-0.1, -0.05) is 97.9 Å². The molecule has 0 bridgehead atoms. The second-order valence-corrected chi connectivity index (χ2v) is 14.9. The van der Waals surface area contributed by atoms with E-state index in [1.165, 1.54) is 34.2 Å². The third-order valence-electron chi connectivity index (χ3n) is 11.2. The molecule has 2 aliphatic heterocycles. The number of carbonyl (C=O) groups excluding carboxylic acids is 1.